The first-order valence-corrected chi connectivity index (χ1v) is 4.95. The lowest BCUT2D eigenvalue weighted by Crippen LogP contribution is -1.94. The number of furan rings is 1. The zero-order valence-electron chi connectivity index (χ0n) is 6.67. The lowest BCUT2D eigenvalue weighted by atomic mass is 10.2. The van der Waals surface area contributed by atoms with Crippen molar-refractivity contribution >= 4 is 43.9 Å². The maximum Gasteiger partial charge on any atom is 0.331 e. The van der Waals surface area contributed by atoms with Crippen molar-refractivity contribution in [2.75, 3.05) is 0 Å². The Bertz CT molecular complexity index is 346. The molecule has 1 aromatic heterocycles. The van der Waals surface area contributed by atoms with Crippen LogP contribution in [0.1, 0.15) is 12.7 Å². The summed E-state index contributed by atoms with van der Waals surface area (Å²) < 4.78 is 6.48. The van der Waals surface area contributed by atoms with Gasteiger partial charge < -0.3 is 9.52 Å². The van der Waals surface area contributed by atoms with E-state index in [4.69, 9.17) is 9.52 Å². The van der Waals surface area contributed by atoms with Gasteiger partial charge in [-0.2, -0.15) is 0 Å². The predicted molar refractivity (Wildman–Crippen MR) is 55.4 cm³/mol. The Kier molecular flexibility index (Phi) is 3.33. The molecule has 1 heterocycles. The molecular formula is C8H6Br2O3. The fraction of sp³-hybridized carbons (Fsp3) is 0.125. The van der Waals surface area contributed by atoms with Gasteiger partial charge >= 0.3 is 5.97 Å². The van der Waals surface area contributed by atoms with Gasteiger partial charge in [-0.3, -0.25) is 0 Å². The van der Waals surface area contributed by atoms with Gasteiger partial charge in [0.1, 0.15) is 5.76 Å². The molecule has 13 heavy (non-hydrogen) atoms. The van der Waals surface area contributed by atoms with Crippen molar-refractivity contribution in [3.05, 3.63) is 26.5 Å². The van der Waals surface area contributed by atoms with Crippen LogP contribution in [0.2, 0.25) is 0 Å². The monoisotopic (exact) mass is 308 g/mol. The minimum Gasteiger partial charge on any atom is -0.478 e. The summed E-state index contributed by atoms with van der Waals surface area (Å²) in [4.78, 5) is 10.5. The largest absolute Gasteiger partial charge is 0.478 e. The molecule has 1 N–H and O–H groups in total. The minimum atomic E-state index is -0.955. The van der Waals surface area contributed by atoms with E-state index in [0.717, 1.165) is 4.47 Å². The number of hydrogen-bond acceptors (Lipinski definition) is 2. The zero-order chi connectivity index (χ0) is 10.0. The van der Waals surface area contributed by atoms with Crippen LogP contribution in [0.3, 0.4) is 0 Å². The van der Waals surface area contributed by atoms with E-state index in [0.29, 0.717) is 10.4 Å². The van der Waals surface area contributed by atoms with Crippen LogP contribution in [0.25, 0.3) is 6.08 Å². The molecule has 0 aliphatic heterocycles. The van der Waals surface area contributed by atoms with E-state index in [1.54, 1.807) is 6.07 Å². The standard InChI is InChI=1S/C8H6Br2O3/c1-4(8(11)12)2-5-3-6(9)7(10)13-5/h2-3H,1H3,(H,11,12). The molecule has 0 atom stereocenters. The molecule has 0 saturated heterocycles. The van der Waals surface area contributed by atoms with Crippen LogP contribution in [-0.4, -0.2) is 11.1 Å². The molecular weight excluding hydrogens is 304 g/mol. The molecule has 0 aliphatic rings. The fourth-order valence-electron chi connectivity index (χ4n) is 0.710. The molecule has 0 bridgehead atoms. The van der Waals surface area contributed by atoms with E-state index in [1.807, 2.05) is 0 Å². The highest BCUT2D eigenvalue weighted by Crippen LogP contribution is 2.27. The van der Waals surface area contributed by atoms with E-state index in [2.05, 4.69) is 31.9 Å². The normalized spacial score (nSPS) is 11.8. The van der Waals surface area contributed by atoms with Gasteiger partial charge in [-0.25, -0.2) is 4.79 Å². The van der Waals surface area contributed by atoms with Gasteiger partial charge in [0.05, 0.1) is 4.47 Å². The molecule has 0 amide bonds. The summed E-state index contributed by atoms with van der Waals surface area (Å²) in [6, 6.07) is 1.69. The molecule has 0 aromatic carbocycles. The van der Waals surface area contributed by atoms with E-state index in [1.165, 1.54) is 13.0 Å². The Labute approximate surface area is 91.7 Å². The maximum atomic E-state index is 10.5. The van der Waals surface area contributed by atoms with Crippen LogP contribution in [0.4, 0.5) is 0 Å². The summed E-state index contributed by atoms with van der Waals surface area (Å²) in [5, 5.41) is 8.59. The third-order valence-corrected chi connectivity index (χ3v) is 3.07. The second-order valence-corrected chi connectivity index (χ2v) is 3.98. The highest BCUT2D eigenvalue weighted by Gasteiger charge is 2.06. The number of halogens is 2. The van der Waals surface area contributed by atoms with Crippen molar-refractivity contribution in [1.82, 2.24) is 0 Å². The second kappa shape index (κ2) is 4.11. The quantitative estimate of drug-likeness (QED) is 0.853. The Morgan fingerprint density at radius 3 is 2.62 bits per heavy atom. The summed E-state index contributed by atoms with van der Waals surface area (Å²) in [6.45, 7) is 1.51. The number of aliphatic carboxylic acids is 1. The molecule has 0 saturated carbocycles. The van der Waals surface area contributed by atoms with Crippen LogP contribution < -0.4 is 0 Å². The molecule has 0 radical (unpaired) electrons. The number of carboxylic acids is 1. The molecule has 1 aromatic rings. The summed E-state index contributed by atoms with van der Waals surface area (Å²) in [5.74, 6) is -0.456. The summed E-state index contributed by atoms with van der Waals surface area (Å²) in [7, 11) is 0. The van der Waals surface area contributed by atoms with Gasteiger partial charge in [0.15, 0.2) is 4.67 Å². The number of rotatable bonds is 2. The van der Waals surface area contributed by atoms with Crippen LogP contribution in [0.5, 0.6) is 0 Å². The molecule has 3 nitrogen and oxygen atoms in total. The maximum absolute atomic E-state index is 10.5. The first kappa shape index (κ1) is 10.5. The molecule has 0 spiro atoms. The lowest BCUT2D eigenvalue weighted by molar-refractivity contribution is -0.132. The average Bonchev–Trinajstić information content (AvgIpc) is 2.31. The van der Waals surface area contributed by atoms with Crippen molar-refractivity contribution in [1.29, 1.82) is 0 Å². The molecule has 1 rings (SSSR count). The van der Waals surface area contributed by atoms with Gasteiger partial charge in [0, 0.05) is 5.57 Å². The number of hydrogen-bond donors (Lipinski definition) is 1. The van der Waals surface area contributed by atoms with Gasteiger partial charge in [-0.15, -0.1) is 0 Å². The number of carbonyl (C=O) groups is 1. The van der Waals surface area contributed by atoms with Crippen molar-refractivity contribution < 1.29 is 14.3 Å². The topological polar surface area (TPSA) is 50.4 Å². The molecule has 0 aliphatic carbocycles. The van der Waals surface area contributed by atoms with Crippen molar-refractivity contribution in [3.8, 4) is 0 Å². The SMILES string of the molecule is CC(=Cc1cc(Br)c(Br)o1)C(=O)O. The Morgan fingerprint density at radius 1 is 1.62 bits per heavy atom. The molecule has 0 unspecified atom stereocenters. The first-order valence-electron chi connectivity index (χ1n) is 3.37. The van der Waals surface area contributed by atoms with Crippen LogP contribution >= 0.6 is 31.9 Å². The smallest absolute Gasteiger partial charge is 0.331 e. The molecule has 5 heteroatoms. The van der Waals surface area contributed by atoms with E-state index in [9.17, 15) is 4.79 Å². The van der Waals surface area contributed by atoms with Gasteiger partial charge in [0.2, 0.25) is 0 Å². The first-order chi connectivity index (χ1) is 6.00. The van der Waals surface area contributed by atoms with E-state index < -0.39 is 5.97 Å². The summed E-state index contributed by atoms with van der Waals surface area (Å²) >= 11 is 6.38. The predicted octanol–water partition coefficient (Wildman–Crippen LogP) is 3.29. The minimum absolute atomic E-state index is 0.230. The molecule has 0 fully saturated rings. The molecule has 70 valence electrons. The highest BCUT2D eigenvalue weighted by molar-refractivity contribution is 9.13. The van der Waals surface area contributed by atoms with Gasteiger partial charge in [-0.1, -0.05) is 0 Å². The number of carboxylic acid groups (broad SMARTS) is 1. The second-order valence-electron chi connectivity index (χ2n) is 2.40. The Morgan fingerprint density at radius 2 is 2.23 bits per heavy atom. The third-order valence-electron chi connectivity index (χ3n) is 1.36. The van der Waals surface area contributed by atoms with E-state index >= 15 is 0 Å². The lowest BCUT2D eigenvalue weighted by Gasteiger charge is -1.89. The zero-order valence-corrected chi connectivity index (χ0v) is 9.85. The fourth-order valence-corrected chi connectivity index (χ4v) is 1.32. The van der Waals surface area contributed by atoms with Crippen molar-refractivity contribution in [2.45, 2.75) is 6.92 Å². The van der Waals surface area contributed by atoms with Gasteiger partial charge in [-0.05, 0) is 50.9 Å². The van der Waals surface area contributed by atoms with Crippen LogP contribution in [0.15, 0.2) is 25.2 Å². The highest BCUT2D eigenvalue weighted by atomic mass is 79.9. The average molecular weight is 310 g/mol. The summed E-state index contributed by atoms with van der Waals surface area (Å²) in [5.41, 5.74) is 0.230. The van der Waals surface area contributed by atoms with Crippen molar-refractivity contribution in [3.63, 3.8) is 0 Å². The van der Waals surface area contributed by atoms with Gasteiger partial charge in [0.25, 0.3) is 0 Å². The van der Waals surface area contributed by atoms with E-state index in [-0.39, 0.29) is 5.57 Å². The van der Waals surface area contributed by atoms with Crippen molar-refractivity contribution in [2.24, 2.45) is 0 Å². The van der Waals surface area contributed by atoms with Crippen LogP contribution in [-0.2, 0) is 4.79 Å². The summed E-state index contributed by atoms with van der Waals surface area (Å²) in [6.07, 6.45) is 1.46. The van der Waals surface area contributed by atoms with Crippen LogP contribution in [0, 0.1) is 0 Å². The Hall–Kier alpha value is -0.550. The third kappa shape index (κ3) is 2.70. The Balaban J connectivity index is 2.98.